The fourth-order valence-electron chi connectivity index (χ4n) is 2.79. The fraction of sp³-hybridized carbons (Fsp3) is 0.176. The lowest BCUT2D eigenvalue weighted by molar-refractivity contribution is 0.472. The quantitative estimate of drug-likeness (QED) is 0.785. The normalized spacial score (nSPS) is 16.2. The molecule has 0 spiro atoms. The van der Waals surface area contributed by atoms with Gasteiger partial charge in [-0.1, -0.05) is 56.3 Å². The van der Waals surface area contributed by atoms with Crippen LogP contribution in [0.3, 0.4) is 0 Å². The molecule has 0 unspecified atom stereocenters. The number of aromatic hydroxyl groups is 1. The second kappa shape index (κ2) is 3.74. The topological polar surface area (TPSA) is 20.2 Å². The van der Waals surface area contributed by atoms with Gasteiger partial charge in [-0.25, -0.2) is 0 Å². The van der Waals surface area contributed by atoms with E-state index in [0.29, 0.717) is 5.75 Å². The van der Waals surface area contributed by atoms with Gasteiger partial charge in [0.15, 0.2) is 0 Å². The maximum atomic E-state index is 10.0. The SMILES string of the molecule is CC1(C)C(c2ccccc2O)=Cc2ccccc21. The van der Waals surface area contributed by atoms with Crippen LogP contribution in [0, 0.1) is 0 Å². The Morgan fingerprint density at radius 3 is 2.28 bits per heavy atom. The monoisotopic (exact) mass is 236 g/mol. The van der Waals surface area contributed by atoms with E-state index >= 15 is 0 Å². The van der Waals surface area contributed by atoms with E-state index in [4.69, 9.17) is 0 Å². The summed E-state index contributed by atoms with van der Waals surface area (Å²) in [4.78, 5) is 0. The third kappa shape index (κ3) is 1.47. The van der Waals surface area contributed by atoms with Crippen molar-refractivity contribution in [3.05, 3.63) is 65.2 Å². The van der Waals surface area contributed by atoms with Crippen LogP contribution in [0.15, 0.2) is 48.5 Å². The lowest BCUT2D eigenvalue weighted by Crippen LogP contribution is -2.16. The summed E-state index contributed by atoms with van der Waals surface area (Å²) in [7, 11) is 0. The third-order valence-electron chi connectivity index (χ3n) is 3.80. The Kier molecular flexibility index (Phi) is 2.30. The van der Waals surface area contributed by atoms with Crippen molar-refractivity contribution < 1.29 is 5.11 Å². The van der Waals surface area contributed by atoms with E-state index in [1.807, 2.05) is 18.2 Å². The van der Waals surface area contributed by atoms with Gasteiger partial charge in [-0.05, 0) is 28.8 Å². The van der Waals surface area contributed by atoms with Crippen LogP contribution in [0.5, 0.6) is 5.75 Å². The van der Waals surface area contributed by atoms with Gasteiger partial charge in [0.25, 0.3) is 0 Å². The maximum absolute atomic E-state index is 10.0. The van der Waals surface area contributed by atoms with Crippen LogP contribution in [-0.4, -0.2) is 5.11 Å². The molecule has 0 bridgehead atoms. The number of para-hydroxylation sites is 1. The van der Waals surface area contributed by atoms with E-state index in [-0.39, 0.29) is 5.41 Å². The van der Waals surface area contributed by atoms with Crippen molar-refractivity contribution in [3.63, 3.8) is 0 Å². The van der Waals surface area contributed by atoms with Gasteiger partial charge < -0.3 is 5.11 Å². The summed E-state index contributed by atoms with van der Waals surface area (Å²) in [5.41, 5.74) is 4.62. The van der Waals surface area contributed by atoms with Crippen molar-refractivity contribution >= 4 is 11.6 Å². The second-order valence-corrected chi connectivity index (χ2v) is 5.29. The average Bonchev–Trinajstić information content (AvgIpc) is 2.63. The summed E-state index contributed by atoms with van der Waals surface area (Å²) in [5.74, 6) is 0.352. The number of rotatable bonds is 1. The molecule has 1 heteroatoms. The van der Waals surface area contributed by atoms with Crippen LogP contribution in [0.1, 0.15) is 30.5 Å². The highest BCUT2D eigenvalue weighted by Crippen LogP contribution is 2.47. The van der Waals surface area contributed by atoms with Crippen LogP contribution >= 0.6 is 0 Å². The van der Waals surface area contributed by atoms with Gasteiger partial charge in [0.05, 0.1) is 0 Å². The predicted molar refractivity (Wildman–Crippen MR) is 75.4 cm³/mol. The van der Waals surface area contributed by atoms with Crippen molar-refractivity contribution in [1.82, 2.24) is 0 Å². The van der Waals surface area contributed by atoms with Gasteiger partial charge in [0.1, 0.15) is 5.75 Å². The number of allylic oxidation sites excluding steroid dienone is 1. The Morgan fingerprint density at radius 2 is 1.56 bits per heavy atom. The van der Waals surface area contributed by atoms with E-state index in [1.165, 1.54) is 16.7 Å². The zero-order valence-electron chi connectivity index (χ0n) is 10.6. The standard InChI is InChI=1S/C17H16O/c1-17(2)14-9-5-3-7-12(14)11-15(17)13-8-4-6-10-16(13)18/h3-11,18H,1-2H3. The van der Waals surface area contributed by atoms with E-state index in [0.717, 1.165) is 5.56 Å². The molecule has 0 radical (unpaired) electrons. The lowest BCUT2D eigenvalue weighted by atomic mass is 9.78. The van der Waals surface area contributed by atoms with Crippen molar-refractivity contribution in [1.29, 1.82) is 0 Å². The number of phenols is 1. The first-order valence-electron chi connectivity index (χ1n) is 6.21. The number of hydrogen-bond donors (Lipinski definition) is 1. The number of benzene rings is 2. The number of fused-ring (bicyclic) bond motifs is 1. The molecule has 18 heavy (non-hydrogen) atoms. The molecule has 0 heterocycles. The summed E-state index contributed by atoms with van der Waals surface area (Å²) in [5, 5.41) is 10.0. The second-order valence-electron chi connectivity index (χ2n) is 5.29. The highest BCUT2D eigenvalue weighted by molar-refractivity contribution is 5.95. The zero-order valence-corrected chi connectivity index (χ0v) is 10.6. The van der Waals surface area contributed by atoms with Gasteiger partial charge in [-0.2, -0.15) is 0 Å². The van der Waals surface area contributed by atoms with Gasteiger partial charge in [0, 0.05) is 11.0 Å². The van der Waals surface area contributed by atoms with Crippen molar-refractivity contribution in [3.8, 4) is 5.75 Å². The molecule has 0 fully saturated rings. The molecule has 1 aliphatic rings. The number of phenolic OH excluding ortho intramolecular Hbond substituents is 1. The molecule has 1 nitrogen and oxygen atoms in total. The van der Waals surface area contributed by atoms with Gasteiger partial charge in [-0.3, -0.25) is 0 Å². The number of hydrogen-bond acceptors (Lipinski definition) is 1. The van der Waals surface area contributed by atoms with E-state index in [1.54, 1.807) is 6.07 Å². The van der Waals surface area contributed by atoms with Gasteiger partial charge in [-0.15, -0.1) is 0 Å². The third-order valence-corrected chi connectivity index (χ3v) is 3.80. The first kappa shape index (κ1) is 11.1. The molecular formula is C17H16O. The molecule has 0 amide bonds. The molecule has 1 aliphatic carbocycles. The summed E-state index contributed by atoms with van der Waals surface area (Å²) in [6.45, 7) is 4.41. The summed E-state index contributed by atoms with van der Waals surface area (Å²) < 4.78 is 0. The minimum Gasteiger partial charge on any atom is -0.507 e. The molecule has 3 rings (SSSR count). The molecule has 0 atom stereocenters. The minimum atomic E-state index is -0.0601. The Labute approximate surface area is 107 Å². The zero-order chi connectivity index (χ0) is 12.8. The van der Waals surface area contributed by atoms with Crippen LogP contribution in [0.25, 0.3) is 11.6 Å². The lowest BCUT2D eigenvalue weighted by Gasteiger charge is -2.25. The first-order chi connectivity index (χ1) is 8.60. The average molecular weight is 236 g/mol. The minimum absolute atomic E-state index is 0.0601. The highest BCUT2D eigenvalue weighted by Gasteiger charge is 2.34. The maximum Gasteiger partial charge on any atom is 0.123 e. The van der Waals surface area contributed by atoms with Crippen LogP contribution in [-0.2, 0) is 5.41 Å². The van der Waals surface area contributed by atoms with Crippen molar-refractivity contribution in [2.24, 2.45) is 0 Å². The van der Waals surface area contributed by atoms with Crippen LogP contribution in [0.2, 0.25) is 0 Å². The van der Waals surface area contributed by atoms with Crippen molar-refractivity contribution in [2.75, 3.05) is 0 Å². The summed E-state index contributed by atoms with van der Waals surface area (Å²) in [6.07, 6.45) is 2.18. The van der Waals surface area contributed by atoms with Gasteiger partial charge >= 0.3 is 0 Å². The molecule has 1 N–H and O–H groups in total. The molecule has 90 valence electrons. The molecule has 0 saturated heterocycles. The highest BCUT2D eigenvalue weighted by atomic mass is 16.3. The fourth-order valence-corrected chi connectivity index (χ4v) is 2.79. The van der Waals surface area contributed by atoms with Crippen molar-refractivity contribution in [2.45, 2.75) is 19.3 Å². The van der Waals surface area contributed by atoms with Crippen LogP contribution < -0.4 is 0 Å². The summed E-state index contributed by atoms with van der Waals surface area (Å²) >= 11 is 0. The smallest absolute Gasteiger partial charge is 0.123 e. The molecule has 0 aliphatic heterocycles. The Morgan fingerprint density at radius 1 is 0.889 bits per heavy atom. The molecule has 0 aromatic heterocycles. The molecule has 2 aromatic carbocycles. The largest absolute Gasteiger partial charge is 0.507 e. The van der Waals surface area contributed by atoms with E-state index in [2.05, 4.69) is 44.2 Å². The Balaban J connectivity index is 2.20. The Bertz CT molecular complexity index is 636. The molecular weight excluding hydrogens is 220 g/mol. The Hall–Kier alpha value is -2.02. The summed E-state index contributed by atoms with van der Waals surface area (Å²) in [6, 6.07) is 16.0. The van der Waals surface area contributed by atoms with E-state index < -0.39 is 0 Å². The van der Waals surface area contributed by atoms with E-state index in [9.17, 15) is 5.11 Å². The molecule has 2 aromatic rings. The van der Waals surface area contributed by atoms with Crippen LogP contribution in [0.4, 0.5) is 0 Å². The first-order valence-corrected chi connectivity index (χ1v) is 6.21. The molecule has 0 saturated carbocycles. The predicted octanol–water partition coefficient (Wildman–Crippen LogP) is 4.22. The van der Waals surface area contributed by atoms with Gasteiger partial charge in [0.2, 0.25) is 0 Å².